The van der Waals surface area contributed by atoms with Gasteiger partial charge in [-0.15, -0.1) is 0 Å². The minimum atomic E-state index is -0.818. The third-order valence-electron chi connectivity index (χ3n) is 3.19. The van der Waals surface area contributed by atoms with Gasteiger partial charge in [-0.25, -0.2) is 4.98 Å². The molecule has 0 saturated heterocycles. The van der Waals surface area contributed by atoms with Crippen LogP contribution in [0.3, 0.4) is 0 Å². The first-order valence-corrected chi connectivity index (χ1v) is 6.42. The molecule has 0 aliphatic heterocycles. The van der Waals surface area contributed by atoms with E-state index in [1.54, 1.807) is 6.26 Å². The van der Waals surface area contributed by atoms with Crippen molar-refractivity contribution in [2.45, 2.75) is 19.4 Å². The highest BCUT2D eigenvalue weighted by atomic mass is 16.4. The highest BCUT2D eigenvalue weighted by Crippen LogP contribution is 2.19. The van der Waals surface area contributed by atoms with Crippen molar-refractivity contribution in [1.29, 1.82) is 0 Å². The Hall–Kier alpha value is -2.56. The van der Waals surface area contributed by atoms with Crippen LogP contribution >= 0.6 is 0 Å². The highest BCUT2D eigenvalue weighted by Gasteiger charge is 2.12. The Kier molecular flexibility index (Phi) is 3.25. The Morgan fingerprint density at radius 2 is 2.10 bits per heavy atom. The normalized spacial score (nSPS) is 11.0. The summed E-state index contributed by atoms with van der Waals surface area (Å²) in [6.45, 7) is 0.558. The van der Waals surface area contributed by atoms with E-state index in [2.05, 4.69) is 4.98 Å². The zero-order valence-electron chi connectivity index (χ0n) is 10.8. The lowest BCUT2D eigenvalue weighted by Crippen LogP contribution is -2.07. The van der Waals surface area contributed by atoms with Crippen molar-refractivity contribution in [1.82, 2.24) is 9.55 Å². The molecule has 20 heavy (non-hydrogen) atoms. The fraction of sp³-hybridized carbons (Fsp3) is 0.200. The quantitative estimate of drug-likeness (QED) is 0.774. The van der Waals surface area contributed by atoms with Gasteiger partial charge >= 0.3 is 5.97 Å². The zero-order chi connectivity index (χ0) is 13.9. The second-order valence-electron chi connectivity index (χ2n) is 4.58. The summed E-state index contributed by atoms with van der Waals surface area (Å²) in [6, 6.07) is 11.5. The molecule has 0 unspecified atom stereocenters. The second kappa shape index (κ2) is 5.21. The molecule has 1 aromatic carbocycles. The number of fused-ring (bicyclic) bond motifs is 1. The molecule has 0 aliphatic rings. The lowest BCUT2D eigenvalue weighted by Gasteiger charge is -2.06. The first-order valence-electron chi connectivity index (χ1n) is 6.42. The molecule has 0 amide bonds. The molecule has 0 bridgehead atoms. The molecule has 2 aromatic heterocycles. The molecular weight excluding hydrogens is 256 g/mol. The van der Waals surface area contributed by atoms with Gasteiger partial charge in [-0.1, -0.05) is 12.1 Å². The summed E-state index contributed by atoms with van der Waals surface area (Å²) in [6.07, 6.45) is 2.11. The number of aliphatic carboxylic acids is 1. The van der Waals surface area contributed by atoms with Crippen LogP contribution in [0.5, 0.6) is 0 Å². The maximum absolute atomic E-state index is 10.8. The van der Waals surface area contributed by atoms with Crippen molar-refractivity contribution in [3.05, 3.63) is 54.2 Å². The van der Waals surface area contributed by atoms with Crippen molar-refractivity contribution in [2.24, 2.45) is 0 Å². The molecule has 0 radical (unpaired) electrons. The molecule has 0 spiro atoms. The average Bonchev–Trinajstić information content (AvgIpc) is 3.05. The van der Waals surface area contributed by atoms with Crippen LogP contribution < -0.4 is 0 Å². The molecule has 0 saturated carbocycles. The van der Waals surface area contributed by atoms with Crippen molar-refractivity contribution in [3.8, 4) is 0 Å². The van der Waals surface area contributed by atoms with Gasteiger partial charge in [0.1, 0.15) is 11.6 Å². The molecule has 1 N–H and O–H groups in total. The predicted octanol–water partition coefficient (Wildman–Crippen LogP) is 2.69. The van der Waals surface area contributed by atoms with E-state index in [9.17, 15) is 4.79 Å². The fourth-order valence-corrected chi connectivity index (χ4v) is 2.27. The number of furan rings is 1. The van der Waals surface area contributed by atoms with Crippen LogP contribution in [-0.4, -0.2) is 20.6 Å². The summed E-state index contributed by atoms with van der Waals surface area (Å²) >= 11 is 0. The van der Waals surface area contributed by atoms with Gasteiger partial charge in [0, 0.05) is 6.42 Å². The number of rotatable bonds is 5. The SMILES string of the molecule is O=C(O)CCc1nc2ccccc2n1Cc1ccco1. The Labute approximate surface area is 115 Å². The predicted molar refractivity (Wildman–Crippen MR) is 73.5 cm³/mol. The molecule has 3 aromatic rings. The molecule has 0 atom stereocenters. The maximum atomic E-state index is 10.8. The van der Waals surface area contributed by atoms with E-state index >= 15 is 0 Å². The Balaban J connectivity index is 2.01. The van der Waals surface area contributed by atoms with E-state index in [-0.39, 0.29) is 6.42 Å². The summed E-state index contributed by atoms with van der Waals surface area (Å²) in [5.41, 5.74) is 1.86. The lowest BCUT2D eigenvalue weighted by molar-refractivity contribution is -0.137. The van der Waals surface area contributed by atoms with Gasteiger partial charge < -0.3 is 14.1 Å². The van der Waals surface area contributed by atoms with Crippen LogP contribution in [0, 0.1) is 0 Å². The monoisotopic (exact) mass is 270 g/mol. The number of nitrogens with zero attached hydrogens (tertiary/aromatic N) is 2. The van der Waals surface area contributed by atoms with Crippen LogP contribution in [-0.2, 0) is 17.8 Å². The third kappa shape index (κ3) is 2.42. The number of hydrogen-bond donors (Lipinski definition) is 1. The smallest absolute Gasteiger partial charge is 0.303 e. The number of carbonyl (C=O) groups is 1. The lowest BCUT2D eigenvalue weighted by atomic mass is 10.3. The van der Waals surface area contributed by atoms with Gasteiger partial charge in [-0.2, -0.15) is 0 Å². The first-order chi connectivity index (χ1) is 9.74. The zero-order valence-corrected chi connectivity index (χ0v) is 10.8. The van der Waals surface area contributed by atoms with E-state index in [1.807, 2.05) is 41.0 Å². The molecule has 2 heterocycles. The first kappa shape index (κ1) is 12.5. The van der Waals surface area contributed by atoms with Crippen molar-refractivity contribution >= 4 is 17.0 Å². The molecule has 102 valence electrons. The molecule has 5 heteroatoms. The average molecular weight is 270 g/mol. The third-order valence-corrected chi connectivity index (χ3v) is 3.19. The summed E-state index contributed by atoms with van der Waals surface area (Å²) in [5.74, 6) is 0.774. The minimum absolute atomic E-state index is 0.0709. The van der Waals surface area contributed by atoms with Gasteiger partial charge in [0.05, 0.1) is 30.3 Å². The van der Waals surface area contributed by atoms with Gasteiger partial charge in [0.15, 0.2) is 0 Å². The standard InChI is InChI=1S/C15H14N2O3/c18-15(19)8-7-14-16-12-5-1-2-6-13(12)17(14)10-11-4-3-9-20-11/h1-6,9H,7-8,10H2,(H,18,19). The number of carboxylic acids is 1. The fourth-order valence-electron chi connectivity index (χ4n) is 2.27. The second-order valence-corrected chi connectivity index (χ2v) is 4.58. The van der Waals surface area contributed by atoms with Crippen LogP contribution in [0.15, 0.2) is 47.1 Å². The van der Waals surface area contributed by atoms with Crippen LogP contribution in [0.1, 0.15) is 18.0 Å². The Morgan fingerprint density at radius 3 is 2.85 bits per heavy atom. The van der Waals surface area contributed by atoms with E-state index in [4.69, 9.17) is 9.52 Å². The Morgan fingerprint density at radius 1 is 1.25 bits per heavy atom. The number of hydrogen-bond acceptors (Lipinski definition) is 3. The highest BCUT2D eigenvalue weighted by molar-refractivity contribution is 5.76. The molecule has 3 rings (SSSR count). The number of benzene rings is 1. The van der Waals surface area contributed by atoms with Crippen LogP contribution in [0.2, 0.25) is 0 Å². The Bertz CT molecular complexity index is 729. The summed E-state index contributed by atoms with van der Waals surface area (Å²) in [5, 5.41) is 8.84. The number of aromatic nitrogens is 2. The van der Waals surface area contributed by atoms with E-state index in [0.717, 1.165) is 22.6 Å². The van der Waals surface area contributed by atoms with E-state index < -0.39 is 5.97 Å². The van der Waals surface area contributed by atoms with Crippen molar-refractivity contribution in [2.75, 3.05) is 0 Å². The molecular formula is C15H14N2O3. The largest absolute Gasteiger partial charge is 0.481 e. The topological polar surface area (TPSA) is 68.3 Å². The van der Waals surface area contributed by atoms with Crippen LogP contribution in [0.4, 0.5) is 0 Å². The maximum Gasteiger partial charge on any atom is 0.303 e. The molecule has 0 fully saturated rings. The van der Waals surface area contributed by atoms with Crippen molar-refractivity contribution < 1.29 is 14.3 Å². The van der Waals surface area contributed by atoms with Gasteiger partial charge in [-0.3, -0.25) is 4.79 Å². The van der Waals surface area contributed by atoms with E-state index in [0.29, 0.717) is 13.0 Å². The van der Waals surface area contributed by atoms with Gasteiger partial charge in [0.25, 0.3) is 0 Å². The number of imidazole rings is 1. The molecule has 5 nitrogen and oxygen atoms in total. The van der Waals surface area contributed by atoms with Gasteiger partial charge in [0.2, 0.25) is 0 Å². The van der Waals surface area contributed by atoms with Crippen molar-refractivity contribution in [3.63, 3.8) is 0 Å². The summed E-state index contributed by atoms with van der Waals surface area (Å²) < 4.78 is 7.38. The number of carboxylic acid groups (broad SMARTS) is 1. The number of aryl methyl sites for hydroxylation is 1. The van der Waals surface area contributed by atoms with Gasteiger partial charge in [-0.05, 0) is 24.3 Å². The molecule has 0 aliphatic carbocycles. The van der Waals surface area contributed by atoms with E-state index in [1.165, 1.54) is 0 Å². The number of para-hydroxylation sites is 2. The van der Waals surface area contributed by atoms with Crippen LogP contribution in [0.25, 0.3) is 11.0 Å². The summed E-state index contributed by atoms with van der Waals surface area (Å²) in [7, 11) is 0. The minimum Gasteiger partial charge on any atom is -0.481 e. The summed E-state index contributed by atoms with van der Waals surface area (Å²) in [4.78, 5) is 15.3.